The van der Waals surface area contributed by atoms with E-state index in [-0.39, 0.29) is 35.8 Å². The van der Waals surface area contributed by atoms with E-state index in [1.165, 1.54) is 0 Å². The van der Waals surface area contributed by atoms with Crippen LogP contribution in [-0.2, 0) is 20.2 Å². The number of phenols is 2. The van der Waals surface area contributed by atoms with Crippen molar-refractivity contribution >= 4 is 55.4 Å². The van der Waals surface area contributed by atoms with Gasteiger partial charge in [-0.2, -0.15) is 0 Å². The van der Waals surface area contributed by atoms with E-state index >= 15 is 0 Å². The minimum Gasteiger partial charge on any atom is -0.506 e. The molecular weight excluding hydrogens is 486 g/mol. The van der Waals surface area contributed by atoms with Crippen LogP contribution in [0.3, 0.4) is 0 Å². The Hall–Kier alpha value is -4.93. The molecule has 1 aliphatic rings. The average Bonchev–Trinajstić information content (AvgIpc) is 3.53. The number of hydrogen-bond acceptors (Lipinski definition) is 7. The lowest BCUT2D eigenvalue weighted by atomic mass is 9.96. The van der Waals surface area contributed by atoms with Gasteiger partial charge in [-0.15, -0.1) is 0 Å². The number of amides is 2. The van der Waals surface area contributed by atoms with Crippen molar-refractivity contribution in [2.75, 3.05) is 0 Å². The molecule has 0 radical (unpaired) electrons. The Labute approximate surface area is 214 Å². The molecule has 0 spiro atoms. The van der Waals surface area contributed by atoms with E-state index < -0.39 is 11.8 Å². The van der Waals surface area contributed by atoms with E-state index in [4.69, 9.17) is 0 Å². The molecule has 188 valence electrons. The summed E-state index contributed by atoms with van der Waals surface area (Å²) in [5, 5.41) is 33.9. The van der Waals surface area contributed by atoms with Gasteiger partial charge in [-0.25, -0.2) is 10.4 Å². The number of nitrogens with one attached hydrogen (secondary N) is 2. The number of carbonyl (C=O) groups is 2. The molecule has 38 heavy (non-hydrogen) atoms. The van der Waals surface area contributed by atoms with E-state index in [9.17, 15) is 24.9 Å². The van der Waals surface area contributed by atoms with Gasteiger partial charge in [0.15, 0.2) is 0 Å². The molecule has 5 N–H and O–H groups in total. The molecule has 0 unspecified atom stereocenters. The Bertz CT molecular complexity index is 1990. The average molecular weight is 508 g/mol. The van der Waals surface area contributed by atoms with Gasteiger partial charge in [0, 0.05) is 41.3 Å². The molecular formula is C28H21N5O5. The SMILES string of the molecule is Cn1c2c(O)cccc2c2c3c(c4c5cccc(O)c5[nH]c4c21)C(=O)N(NCc1ccc(CO)nc1)C3=O. The number of nitrogens with zero attached hydrogens (tertiary/aromatic N) is 3. The summed E-state index contributed by atoms with van der Waals surface area (Å²) >= 11 is 0. The summed E-state index contributed by atoms with van der Waals surface area (Å²) in [5.41, 5.74) is 6.85. The summed E-state index contributed by atoms with van der Waals surface area (Å²) in [5.74, 6) is -0.958. The Morgan fingerprint density at radius 2 is 1.58 bits per heavy atom. The van der Waals surface area contributed by atoms with Crippen LogP contribution in [0.4, 0.5) is 0 Å². The molecule has 0 aliphatic carbocycles. The molecule has 0 fully saturated rings. The van der Waals surface area contributed by atoms with Gasteiger partial charge < -0.3 is 24.9 Å². The number of benzene rings is 3. The zero-order valence-corrected chi connectivity index (χ0v) is 20.1. The largest absolute Gasteiger partial charge is 0.506 e. The maximum absolute atomic E-state index is 13.9. The number of aromatic hydroxyl groups is 2. The minimum atomic E-state index is -0.516. The van der Waals surface area contributed by atoms with Crippen LogP contribution in [0, 0.1) is 0 Å². The highest BCUT2D eigenvalue weighted by atomic mass is 16.3. The number of para-hydroxylation sites is 2. The zero-order chi connectivity index (χ0) is 26.3. The summed E-state index contributed by atoms with van der Waals surface area (Å²) in [6.07, 6.45) is 1.57. The summed E-state index contributed by atoms with van der Waals surface area (Å²) in [6.45, 7) is -0.0274. The highest BCUT2D eigenvalue weighted by Crippen LogP contribution is 2.46. The number of hydrogen-bond donors (Lipinski definition) is 5. The quantitative estimate of drug-likeness (QED) is 0.230. The number of rotatable bonds is 4. The number of hydrazine groups is 1. The van der Waals surface area contributed by atoms with Gasteiger partial charge in [0.2, 0.25) is 0 Å². The fourth-order valence-corrected chi connectivity index (χ4v) is 5.64. The van der Waals surface area contributed by atoms with Gasteiger partial charge in [-0.05, 0) is 23.8 Å². The van der Waals surface area contributed by atoms with Gasteiger partial charge in [0.25, 0.3) is 11.8 Å². The maximum atomic E-state index is 13.9. The smallest absolute Gasteiger partial charge is 0.276 e. The van der Waals surface area contributed by atoms with Crippen LogP contribution in [-0.4, -0.2) is 46.7 Å². The van der Waals surface area contributed by atoms with E-state index in [0.29, 0.717) is 49.3 Å². The Morgan fingerprint density at radius 3 is 2.29 bits per heavy atom. The summed E-state index contributed by atoms with van der Waals surface area (Å²) < 4.78 is 1.80. The lowest BCUT2D eigenvalue weighted by molar-refractivity contribution is 0.0563. The van der Waals surface area contributed by atoms with E-state index in [0.717, 1.165) is 10.6 Å². The van der Waals surface area contributed by atoms with Crippen molar-refractivity contribution in [2.24, 2.45) is 7.05 Å². The van der Waals surface area contributed by atoms with Crippen molar-refractivity contribution in [1.29, 1.82) is 0 Å². The van der Waals surface area contributed by atoms with Crippen molar-refractivity contribution in [3.8, 4) is 11.5 Å². The van der Waals surface area contributed by atoms with Gasteiger partial charge in [-0.1, -0.05) is 30.3 Å². The number of carbonyl (C=O) groups excluding carboxylic acids is 2. The Kier molecular flexibility index (Phi) is 4.56. The molecule has 0 saturated heterocycles. The highest BCUT2D eigenvalue weighted by Gasteiger charge is 2.41. The van der Waals surface area contributed by atoms with Crippen LogP contribution in [0.15, 0.2) is 54.7 Å². The zero-order valence-electron chi connectivity index (χ0n) is 20.1. The number of aliphatic hydroxyl groups excluding tert-OH is 1. The Balaban J connectivity index is 1.51. The third kappa shape index (κ3) is 2.81. The molecule has 10 heteroatoms. The number of fused-ring (bicyclic) bond motifs is 10. The number of aromatic nitrogens is 3. The van der Waals surface area contributed by atoms with E-state index in [2.05, 4.69) is 15.4 Å². The Morgan fingerprint density at radius 1 is 0.868 bits per heavy atom. The first-order chi connectivity index (χ1) is 18.4. The summed E-state index contributed by atoms with van der Waals surface area (Å²) in [6, 6.07) is 13.6. The number of phenolic OH excluding ortho intramolecular Hbond substituents is 2. The monoisotopic (exact) mass is 507 g/mol. The predicted octanol–water partition coefficient (Wildman–Crippen LogP) is 3.57. The van der Waals surface area contributed by atoms with Crippen LogP contribution in [0.25, 0.3) is 43.6 Å². The molecule has 10 nitrogen and oxygen atoms in total. The minimum absolute atomic E-state index is 0.0211. The topological polar surface area (TPSA) is 144 Å². The molecule has 1 aliphatic heterocycles. The number of aryl methyl sites for hydroxylation is 1. The maximum Gasteiger partial charge on any atom is 0.276 e. The number of imide groups is 1. The molecule has 3 aromatic heterocycles. The number of aliphatic hydroxyl groups is 1. The number of aromatic amines is 1. The first-order valence-corrected chi connectivity index (χ1v) is 12.0. The third-order valence-electron chi connectivity index (χ3n) is 7.31. The number of pyridine rings is 1. The first kappa shape index (κ1) is 22.3. The van der Waals surface area contributed by atoms with Crippen molar-refractivity contribution in [1.82, 2.24) is 25.0 Å². The van der Waals surface area contributed by atoms with Crippen LogP contribution in [0.5, 0.6) is 11.5 Å². The van der Waals surface area contributed by atoms with Crippen LogP contribution in [0.1, 0.15) is 32.0 Å². The molecule has 6 aromatic rings. The second-order valence-corrected chi connectivity index (χ2v) is 9.38. The summed E-state index contributed by atoms with van der Waals surface area (Å²) in [4.78, 5) is 35.2. The van der Waals surface area contributed by atoms with Gasteiger partial charge in [0.05, 0.1) is 45.5 Å². The van der Waals surface area contributed by atoms with Crippen LogP contribution < -0.4 is 5.43 Å². The molecule has 3 aromatic carbocycles. The van der Waals surface area contributed by atoms with Crippen LogP contribution in [0.2, 0.25) is 0 Å². The molecule has 4 heterocycles. The molecule has 0 atom stereocenters. The van der Waals surface area contributed by atoms with E-state index in [1.54, 1.807) is 60.3 Å². The van der Waals surface area contributed by atoms with Crippen LogP contribution >= 0.6 is 0 Å². The lowest BCUT2D eigenvalue weighted by Gasteiger charge is -2.15. The molecule has 2 amide bonds. The van der Waals surface area contributed by atoms with Gasteiger partial charge >= 0.3 is 0 Å². The fraction of sp³-hybridized carbons (Fsp3) is 0.107. The third-order valence-corrected chi connectivity index (χ3v) is 7.31. The lowest BCUT2D eigenvalue weighted by Crippen LogP contribution is -2.41. The fourth-order valence-electron chi connectivity index (χ4n) is 5.64. The molecule has 0 bridgehead atoms. The highest BCUT2D eigenvalue weighted by molar-refractivity contribution is 6.39. The van der Waals surface area contributed by atoms with Crippen molar-refractivity contribution in [2.45, 2.75) is 13.2 Å². The predicted molar refractivity (Wildman–Crippen MR) is 141 cm³/mol. The van der Waals surface area contributed by atoms with Gasteiger partial charge in [0.1, 0.15) is 11.5 Å². The number of H-pyrrole nitrogens is 1. The molecule has 7 rings (SSSR count). The van der Waals surface area contributed by atoms with Crippen molar-refractivity contribution < 1.29 is 24.9 Å². The van der Waals surface area contributed by atoms with Crippen molar-refractivity contribution in [3.05, 3.63) is 77.1 Å². The first-order valence-electron chi connectivity index (χ1n) is 12.0. The molecule has 0 saturated carbocycles. The standard InChI is InChI=1S/C28H21N5O5/c1-32-25-16(5-3-7-18(25)36)20-22-21(19-15-4-2-6-17(35)23(15)31-24(19)26(20)32)27(37)33(28(22)38)30-11-13-8-9-14(12-34)29-10-13/h2-10,30-31,34-36H,11-12H2,1H3. The van der Waals surface area contributed by atoms with Crippen molar-refractivity contribution in [3.63, 3.8) is 0 Å². The summed E-state index contributed by atoms with van der Waals surface area (Å²) in [7, 11) is 1.79. The normalized spacial score (nSPS) is 13.6. The second-order valence-electron chi connectivity index (χ2n) is 9.38. The van der Waals surface area contributed by atoms with Gasteiger partial charge in [-0.3, -0.25) is 14.6 Å². The van der Waals surface area contributed by atoms with E-state index in [1.807, 2.05) is 6.07 Å². The second kappa shape index (κ2) is 7.78.